The average Bonchev–Trinajstić information content (AvgIpc) is 3.17. The second-order valence-corrected chi connectivity index (χ2v) is 6.92. The van der Waals surface area contributed by atoms with Crippen LogP contribution in [0, 0.1) is 6.92 Å². The van der Waals surface area contributed by atoms with Crippen LogP contribution in [0.1, 0.15) is 21.5 Å². The number of pyridine rings is 1. The van der Waals surface area contributed by atoms with E-state index in [0.29, 0.717) is 53.9 Å². The molecule has 3 aromatic rings. The van der Waals surface area contributed by atoms with Gasteiger partial charge >= 0.3 is 6.18 Å². The van der Waals surface area contributed by atoms with E-state index in [1.165, 1.54) is 6.07 Å². The second-order valence-electron chi connectivity index (χ2n) is 6.92. The molecule has 4 rings (SSSR count). The SMILES string of the molecule is Cc1cc(C(F)(F)F)ccc1-c1nc(N)c2cc[nH]c2c1C(=O)N1CCOCC1. The lowest BCUT2D eigenvalue weighted by molar-refractivity contribution is -0.137. The summed E-state index contributed by atoms with van der Waals surface area (Å²) >= 11 is 0. The van der Waals surface area contributed by atoms with E-state index in [1.54, 1.807) is 24.1 Å². The Hall–Kier alpha value is -3.07. The Balaban J connectivity index is 1.91. The molecule has 0 bridgehead atoms. The van der Waals surface area contributed by atoms with Gasteiger partial charge in [-0.15, -0.1) is 0 Å². The molecule has 2 aromatic heterocycles. The zero-order chi connectivity index (χ0) is 20.8. The molecule has 9 heteroatoms. The number of nitrogens with two attached hydrogens (primary N) is 1. The van der Waals surface area contributed by atoms with E-state index in [1.807, 2.05) is 0 Å². The molecular weight excluding hydrogens is 385 g/mol. The topological polar surface area (TPSA) is 84.2 Å². The van der Waals surface area contributed by atoms with E-state index in [4.69, 9.17) is 10.5 Å². The number of hydrogen-bond acceptors (Lipinski definition) is 4. The molecule has 3 N–H and O–H groups in total. The first kappa shape index (κ1) is 19.3. The number of morpholine rings is 1. The first-order valence-electron chi connectivity index (χ1n) is 9.09. The predicted octanol–water partition coefficient (Wildman–Crippen LogP) is 3.61. The molecule has 1 amide bonds. The average molecular weight is 404 g/mol. The number of benzene rings is 1. The number of amides is 1. The van der Waals surface area contributed by atoms with E-state index in [-0.39, 0.29) is 17.4 Å². The Kier molecular flexibility index (Phi) is 4.70. The highest BCUT2D eigenvalue weighted by molar-refractivity contribution is 6.12. The van der Waals surface area contributed by atoms with Crippen LogP contribution in [-0.4, -0.2) is 47.1 Å². The first-order valence-corrected chi connectivity index (χ1v) is 9.09. The highest BCUT2D eigenvalue weighted by Crippen LogP contribution is 2.36. The summed E-state index contributed by atoms with van der Waals surface area (Å²) in [5, 5.41) is 0.593. The lowest BCUT2D eigenvalue weighted by atomic mass is 9.96. The van der Waals surface area contributed by atoms with Gasteiger partial charge in [0, 0.05) is 30.2 Å². The summed E-state index contributed by atoms with van der Waals surface area (Å²) in [4.78, 5) is 22.4. The Morgan fingerprint density at radius 1 is 1.24 bits per heavy atom. The van der Waals surface area contributed by atoms with Gasteiger partial charge in [0.15, 0.2) is 0 Å². The van der Waals surface area contributed by atoms with Gasteiger partial charge in [0.25, 0.3) is 5.91 Å². The molecule has 1 aromatic carbocycles. The molecule has 3 heterocycles. The number of aryl methyl sites for hydroxylation is 1. The molecule has 0 unspecified atom stereocenters. The fraction of sp³-hybridized carbons (Fsp3) is 0.300. The molecule has 152 valence electrons. The standard InChI is InChI=1S/C20H19F3N4O2/c1-11-10-12(20(21,22)23)2-3-13(11)17-15(19(28)27-6-8-29-9-7-27)16-14(4-5-25-16)18(24)26-17/h2-5,10,25H,6-9H2,1H3,(H2,24,26). The number of carbonyl (C=O) groups is 1. The number of hydrogen-bond donors (Lipinski definition) is 2. The molecule has 1 aliphatic rings. The highest BCUT2D eigenvalue weighted by Gasteiger charge is 2.32. The summed E-state index contributed by atoms with van der Waals surface area (Å²) in [5.74, 6) is -0.0587. The first-order chi connectivity index (χ1) is 13.8. The van der Waals surface area contributed by atoms with E-state index >= 15 is 0 Å². The molecule has 0 aliphatic carbocycles. The Labute approximate surface area is 164 Å². The van der Waals surface area contributed by atoms with Crippen LogP contribution in [-0.2, 0) is 10.9 Å². The predicted molar refractivity (Wildman–Crippen MR) is 102 cm³/mol. The van der Waals surface area contributed by atoms with E-state index in [2.05, 4.69) is 9.97 Å². The fourth-order valence-electron chi connectivity index (χ4n) is 3.58. The van der Waals surface area contributed by atoms with Crippen molar-refractivity contribution in [1.82, 2.24) is 14.9 Å². The van der Waals surface area contributed by atoms with Gasteiger partial charge in [-0.05, 0) is 30.7 Å². The van der Waals surface area contributed by atoms with Crippen molar-refractivity contribution in [3.63, 3.8) is 0 Å². The molecular formula is C20H19F3N4O2. The maximum absolute atomic E-state index is 13.3. The molecule has 0 radical (unpaired) electrons. The van der Waals surface area contributed by atoms with Gasteiger partial charge in [-0.25, -0.2) is 4.98 Å². The van der Waals surface area contributed by atoms with Gasteiger partial charge in [-0.3, -0.25) is 4.79 Å². The van der Waals surface area contributed by atoms with Gasteiger partial charge in [-0.2, -0.15) is 13.2 Å². The van der Waals surface area contributed by atoms with Crippen LogP contribution in [0.4, 0.5) is 19.0 Å². The summed E-state index contributed by atoms with van der Waals surface area (Å²) in [7, 11) is 0. The molecule has 6 nitrogen and oxygen atoms in total. The van der Waals surface area contributed by atoms with Gasteiger partial charge in [0.2, 0.25) is 0 Å². The number of halogens is 3. The van der Waals surface area contributed by atoms with E-state index in [9.17, 15) is 18.0 Å². The highest BCUT2D eigenvalue weighted by atomic mass is 19.4. The van der Waals surface area contributed by atoms with Crippen LogP contribution in [0.5, 0.6) is 0 Å². The van der Waals surface area contributed by atoms with Crippen molar-refractivity contribution < 1.29 is 22.7 Å². The third-order valence-corrected chi connectivity index (χ3v) is 5.06. The van der Waals surface area contributed by atoms with Crippen LogP contribution in [0.15, 0.2) is 30.5 Å². The number of rotatable bonds is 2. The minimum absolute atomic E-state index is 0.203. The van der Waals surface area contributed by atoms with Crippen molar-refractivity contribution in [2.24, 2.45) is 0 Å². The smallest absolute Gasteiger partial charge is 0.383 e. The molecule has 1 saturated heterocycles. The fourth-order valence-corrected chi connectivity index (χ4v) is 3.58. The van der Waals surface area contributed by atoms with Gasteiger partial charge in [-0.1, -0.05) is 6.07 Å². The maximum Gasteiger partial charge on any atom is 0.416 e. The lowest BCUT2D eigenvalue weighted by Crippen LogP contribution is -2.41. The largest absolute Gasteiger partial charge is 0.416 e. The summed E-state index contributed by atoms with van der Waals surface area (Å²) < 4.78 is 44.5. The van der Waals surface area contributed by atoms with Crippen molar-refractivity contribution in [2.45, 2.75) is 13.1 Å². The third kappa shape index (κ3) is 3.42. The molecule has 0 spiro atoms. The molecule has 0 atom stereocenters. The van der Waals surface area contributed by atoms with Crippen molar-refractivity contribution in [3.8, 4) is 11.3 Å². The summed E-state index contributed by atoms with van der Waals surface area (Å²) in [6.45, 7) is 3.27. The summed E-state index contributed by atoms with van der Waals surface area (Å²) in [6, 6.07) is 5.10. The van der Waals surface area contributed by atoms with Gasteiger partial charge < -0.3 is 20.4 Å². The Bertz CT molecular complexity index is 1090. The number of nitrogen functional groups attached to an aromatic ring is 1. The lowest BCUT2D eigenvalue weighted by Gasteiger charge is -2.28. The second kappa shape index (κ2) is 7.07. The van der Waals surface area contributed by atoms with Crippen molar-refractivity contribution in [2.75, 3.05) is 32.0 Å². The quantitative estimate of drug-likeness (QED) is 0.683. The number of aromatic amines is 1. The third-order valence-electron chi connectivity index (χ3n) is 5.06. The van der Waals surface area contributed by atoms with Crippen LogP contribution < -0.4 is 5.73 Å². The minimum Gasteiger partial charge on any atom is -0.383 e. The monoisotopic (exact) mass is 404 g/mol. The minimum atomic E-state index is -4.45. The molecule has 29 heavy (non-hydrogen) atoms. The summed E-state index contributed by atoms with van der Waals surface area (Å²) in [5.41, 5.74) is 7.18. The van der Waals surface area contributed by atoms with Crippen molar-refractivity contribution >= 4 is 22.6 Å². The Morgan fingerprint density at radius 2 is 1.97 bits per heavy atom. The zero-order valence-electron chi connectivity index (χ0n) is 15.6. The number of H-pyrrole nitrogens is 1. The van der Waals surface area contributed by atoms with Crippen LogP contribution in [0.25, 0.3) is 22.2 Å². The number of fused-ring (bicyclic) bond motifs is 1. The molecule has 1 fully saturated rings. The van der Waals surface area contributed by atoms with E-state index < -0.39 is 11.7 Å². The summed E-state index contributed by atoms with van der Waals surface area (Å²) in [6.07, 6.45) is -2.80. The zero-order valence-corrected chi connectivity index (χ0v) is 15.6. The number of ether oxygens (including phenoxy) is 1. The normalized spacial score (nSPS) is 15.1. The molecule has 1 aliphatic heterocycles. The van der Waals surface area contributed by atoms with Crippen LogP contribution in [0.2, 0.25) is 0 Å². The number of carbonyl (C=O) groups excluding carboxylic acids is 1. The van der Waals surface area contributed by atoms with E-state index in [0.717, 1.165) is 12.1 Å². The maximum atomic E-state index is 13.3. The van der Waals surface area contributed by atoms with Gasteiger partial charge in [0.1, 0.15) is 5.82 Å². The number of alkyl halides is 3. The molecule has 0 saturated carbocycles. The Morgan fingerprint density at radius 3 is 2.62 bits per heavy atom. The van der Waals surface area contributed by atoms with Crippen molar-refractivity contribution in [1.29, 1.82) is 0 Å². The van der Waals surface area contributed by atoms with Gasteiger partial charge in [0.05, 0.1) is 35.6 Å². The number of aromatic nitrogens is 2. The van der Waals surface area contributed by atoms with Crippen LogP contribution in [0.3, 0.4) is 0 Å². The number of nitrogens with zero attached hydrogens (tertiary/aromatic N) is 2. The number of nitrogens with one attached hydrogen (secondary N) is 1. The van der Waals surface area contributed by atoms with Crippen LogP contribution >= 0.6 is 0 Å². The van der Waals surface area contributed by atoms with Crippen molar-refractivity contribution in [3.05, 3.63) is 47.2 Å². The number of anilines is 1.